The standard InChI is InChI=1S/C16H28N2/c1-12-7-8-14(13(2)9-12)15(3,4)10-18-11-16(5,6)17/h7-9,18H,10-11,17H2,1-6H3. The number of benzene rings is 1. The maximum absolute atomic E-state index is 5.99. The quantitative estimate of drug-likeness (QED) is 0.841. The van der Waals surface area contributed by atoms with E-state index in [4.69, 9.17) is 5.73 Å². The summed E-state index contributed by atoms with van der Waals surface area (Å²) in [7, 11) is 0. The highest BCUT2D eigenvalue weighted by Crippen LogP contribution is 2.26. The van der Waals surface area contributed by atoms with Crippen molar-refractivity contribution in [1.29, 1.82) is 0 Å². The zero-order chi connectivity index (χ0) is 14.0. The summed E-state index contributed by atoms with van der Waals surface area (Å²) in [5.74, 6) is 0. The number of nitrogens with one attached hydrogen (secondary N) is 1. The SMILES string of the molecule is Cc1ccc(C(C)(C)CNCC(C)(C)N)c(C)c1. The molecule has 0 saturated heterocycles. The van der Waals surface area contributed by atoms with Crippen LogP contribution in [0.25, 0.3) is 0 Å². The Morgan fingerprint density at radius 3 is 2.17 bits per heavy atom. The second-order valence-corrected chi connectivity index (χ2v) is 6.79. The molecule has 0 saturated carbocycles. The summed E-state index contributed by atoms with van der Waals surface area (Å²) in [6.07, 6.45) is 0. The summed E-state index contributed by atoms with van der Waals surface area (Å²) < 4.78 is 0. The Kier molecular flexibility index (Phi) is 4.57. The molecule has 0 aliphatic heterocycles. The van der Waals surface area contributed by atoms with Crippen LogP contribution < -0.4 is 11.1 Å². The summed E-state index contributed by atoms with van der Waals surface area (Å²) in [6.45, 7) is 14.8. The summed E-state index contributed by atoms with van der Waals surface area (Å²) >= 11 is 0. The Hall–Kier alpha value is -0.860. The minimum absolute atomic E-state index is 0.128. The van der Waals surface area contributed by atoms with Crippen molar-refractivity contribution in [3.63, 3.8) is 0 Å². The van der Waals surface area contributed by atoms with Gasteiger partial charge < -0.3 is 11.1 Å². The van der Waals surface area contributed by atoms with E-state index in [1.165, 1.54) is 16.7 Å². The first kappa shape index (κ1) is 15.2. The number of aryl methyl sites for hydroxylation is 2. The minimum Gasteiger partial charge on any atom is -0.324 e. The molecule has 2 heteroatoms. The van der Waals surface area contributed by atoms with Crippen LogP contribution in [0, 0.1) is 13.8 Å². The van der Waals surface area contributed by atoms with Crippen molar-refractivity contribution in [3.8, 4) is 0 Å². The number of rotatable bonds is 5. The third kappa shape index (κ3) is 4.43. The summed E-state index contributed by atoms with van der Waals surface area (Å²) in [5, 5.41) is 3.48. The van der Waals surface area contributed by atoms with E-state index in [0.29, 0.717) is 0 Å². The molecule has 0 bridgehead atoms. The molecule has 0 aliphatic rings. The van der Waals surface area contributed by atoms with Gasteiger partial charge in [0, 0.05) is 24.0 Å². The average molecular weight is 248 g/mol. The molecule has 1 aromatic rings. The van der Waals surface area contributed by atoms with Crippen LogP contribution in [0.2, 0.25) is 0 Å². The van der Waals surface area contributed by atoms with E-state index in [2.05, 4.69) is 51.2 Å². The highest BCUT2D eigenvalue weighted by molar-refractivity contribution is 5.35. The van der Waals surface area contributed by atoms with Gasteiger partial charge in [0.1, 0.15) is 0 Å². The molecule has 0 amide bonds. The van der Waals surface area contributed by atoms with Crippen LogP contribution in [0.1, 0.15) is 44.4 Å². The molecular weight excluding hydrogens is 220 g/mol. The first-order valence-corrected chi connectivity index (χ1v) is 6.69. The van der Waals surface area contributed by atoms with Gasteiger partial charge in [-0.15, -0.1) is 0 Å². The van der Waals surface area contributed by atoms with E-state index < -0.39 is 0 Å². The van der Waals surface area contributed by atoms with E-state index in [1.54, 1.807) is 0 Å². The second-order valence-electron chi connectivity index (χ2n) is 6.79. The lowest BCUT2D eigenvalue weighted by molar-refractivity contribution is 0.410. The smallest absolute Gasteiger partial charge is 0.0223 e. The van der Waals surface area contributed by atoms with Crippen LogP contribution in [0.5, 0.6) is 0 Å². The van der Waals surface area contributed by atoms with E-state index in [9.17, 15) is 0 Å². The van der Waals surface area contributed by atoms with Crippen LogP contribution in [0.15, 0.2) is 18.2 Å². The van der Waals surface area contributed by atoms with E-state index in [-0.39, 0.29) is 11.0 Å². The lowest BCUT2D eigenvalue weighted by Gasteiger charge is -2.30. The van der Waals surface area contributed by atoms with Gasteiger partial charge in [0.15, 0.2) is 0 Å². The first-order chi connectivity index (χ1) is 8.12. The number of hydrogen-bond donors (Lipinski definition) is 2. The molecule has 102 valence electrons. The lowest BCUT2D eigenvalue weighted by atomic mass is 9.81. The highest BCUT2D eigenvalue weighted by atomic mass is 14.9. The van der Waals surface area contributed by atoms with Gasteiger partial charge in [-0.2, -0.15) is 0 Å². The Balaban J connectivity index is 2.73. The van der Waals surface area contributed by atoms with Crippen molar-refractivity contribution in [1.82, 2.24) is 5.32 Å². The van der Waals surface area contributed by atoms with Crippen LogP contribution in [0.4, 0.5) is 0 Å². The first-order valence-electron chi connectivity index (χ1n) is 6.69. The van der Waals surface area contributed by atoms with Crippen LogP contribution in [-0.4, -0.2) is 18.6 Å². The molecule has 0 unspecified atom stereocenters. The maximum atomic E-state index is 5.99. The molecule has 0 heterocycles. The molecule has 0 radical (unpaired) electrons. The third-order valence-electron chi connectivity index (χ3n) is 3.26. The van der Waals surface area contributed by atoms with Gasteiger partial charge in [-0.05, 0) is 38.8 Å². The van der Waals surface area contributed by atoms with E-state index in [0.717, 1.165) is 13.1 Å². The van der Waals surface area contributed by atoms with Crippen LogP contribution >= 0.6 is 0 Å². The molecule has 0 aliphatic carbocycles. The molecule has 18 heavy (non-hydrogen) atoms. The molecule has 0 fully saturated rings. The van der Waals surface area contributed by atoms with Crippen molar-refractivity contribution in [2.45, 2.75) is 52.5 Å². The molecule has 0 spiro atoms. The minimum atomic E-state index is -0.154. The predicted molar refractivity (Wildman–Crippen MR) is 80.1 cm³/mol. The fraction of sp³-hybridized carbons (Fsp3) is 0.625. The van der Waals surface area contributed by atoms with E-state index >= 15 is 0 Å². The number of nitrogens with two attached hydrogens (primary N) is 1. The lowest BCUT2D eigenvalue weighted by Crippen LogP contribution is -2.46. The monoisotopic (exact) mass is 248 g/mol. The third-order valence-corrected chi connectivity index (χ3v) is 3.26. The number of hydrogen-bond acceptors (Lipinski definition) is 2. The van der Waals surface area contributed by atoms with Gasteiger partial charge >= 0.3 is 0 Å². The summed E-state index contributed by atoms with van der Waals surface area (Å²) in [5.41, 5.74) is 10.1. The Labute approximate surface area is 112 Å². The van der Waals surface area contributed by atoms with Gasteiger partial charge in [-0.1, -0.05) is 37.6 Å². The Morgan fingerprint density at radius 1 is 1.06 bits per heavy atom. The fourth-order valence-electron chi connectivity index (χ4n) is 2.37. The molecule has 1 aromatic carbocycles. The average Bonchev–Trinajstić information content (AvgIpc) is 2.13. The Morgan fingerprint density at radius 2 is 1.67 bits per heavy atom. The molecule has 1 rings (SSSR count). The molecule has 2 nitrogen and oxygen atoms in total. The van der Waals surface area contributed by atoms with Crippen molar-refractivity contribution >= 4 is 0 Å². The molecule has 3 N–H and O–H groups in total. The largest absolute Gasteiger partial charge is 0.324 e. The zero-order valence-electron chi connectivity index (χ0n) is 12.7. The van der Waals surface area contributed by atoms with Gasteiger partial charge in [-0.25, -0.2) is 0 Å². The zero-order valence-corrected chi connectivity index (χ0v) is 12.7. The molecule has 0 atom stereocenters. The van der Waals surface area contributed by atoms with E-state index in [1.807, 2.05) is 13.8 Å². The molecular formula is C16H28N2. The second kappa shape index (κ2) is 5.41. The summed E-state index contributed by atoms with van der Waals surface area (Å²) in [4.78, 5) is 0. The highest BCUT2D eigenvalue weighted by Gasteiger charge is 2.23. The molecule has 0 aromatic heterocycles. The van der Waals surface area contributed by atoms with Crippen molar-refractivity contribution in [2.75, 3.05) is 13.1 Å². The van der Waals surface area contributed by atoms with Gasteiger partial charge in [-0.3, -0.25) is 0 Å². The van der Waals surface area contributed by atoms with Crippen LogP contribution in [-0.2, 0) is 5.41 Å². The van der Waals surface area contributed by atoms with Crippen LogP contribution in [0.3, 0.4) is 0 Å². The Bertz CT molecular complexity index is 400. The van der Waals surface area contributed by atoms with Crippen molar-refractivity contribution < 1.29 is 0 Å². The predicted octanol–water partition coefficient (Wildman–Crippen LogP) is 2.91. The normalized spacial score (nSPS) is 12.8. The van der Waals surface area contributed by atoms with Gasteiger partial charge in [0.2, 0.25) is 0 Å². The topological polar surface area (TPSA) is 38.0 Å². The maximum Gasteiger partial charge on any atom is 0.0223 e. The fourth-order valence-corrected chi connectivity index (χ4v) is 2.37. The van der Waals surface area contributed by atoms with Crippen molar-refractivity contribution in [2.24, 2.45) is 5.73 Å². The summed E-state index contributed by atoms with van der Waals surface area (Å²) in [6, 6.07) is 6.70. The van der Waals surface area contributed by atoms with Gasteiger partial charge in [0.05, 0.1) is 0 Å². The van der Waals surface area contributed by atoms with Crippen molar-refractivity contribution in [3.05, 3.63) is 34.9 Å². The van der Waals surface area contributed by atoms with Gasteiger partial charge in [0.25, 0.3) is 0 Å².